The van der Waals surface area contributed by atoms with Gasteiger partial charge in [0.05, 0.1) is 19.5 Å². The van der Waals surface area contributed by atoms with Gasteiger partial charge in [-0.25, -0.2) is 8.42 Å². The van der Waals surface area contributed by atoms with E-state index in [2.05, 4.69) is 58.3 Å². The van der Waals surface area contributed by atoms with Crippen molar-refractivity contribution < 1.29 is 13.2 Å². The summed E-state index contributed by atoms with van der Waals surface area (Å²) in [5, 5.41) is 2.89. The Kier molecular flexibility index (Phi) is 8.37. The minimum atomic E-state index is -3.25. The molecule has 0 unspecified atom stereocenters. The molecule has 0 aromatic heterocycles. The van der Waals surface area contributed by atoms with Crippen molar-refractivity contribution in [3.8, 4) is 11.2 Å². The lowest BCUT2D eigenvalue weighted by atomic mass is 10.0. The summed E-state index contributed by atoms with van der Waals surface area (Å²) in [6.45, 7) is 2.88. The fourth-order valence-electron chi connectivity index (χ4n) is 2.48. The molecule has 0 atom stereocenters. The smallest absolute Gasteiger partial charge is 0.213 e. The highest BCUT2D eigenvalue weighted by atomic mass is 79.9. The monoisotopic (exact) mass is 468 g/mol. The third-order valence-corrected chi connectivity index (χ3v) is 5.53. The molecule has 6 heteroatoms. The van der Waals surface area contributed by atoms with E-state index in [0.29, 0.717) is 24.7 Å². The van der Waals surface area contributed by atoms with Crippen LogP contribution in [0.2, 0.25) is 5.02 Å². The van der Waals surface area contributed by atoms with Crippen LogP contribution in [0.15, 0.2) is 40.9 Å². The van der Waals surface area contributed by atoms with Gasteiger partial charge in [-0.15, -0.1) is 0 Å². The molecular weight excluding hydrogens is 448 g/mol. The number of ether oxygens (including phenoxy) is 1. The summed E-state index contributed by atoms with van der Waals surface area (Å²) in [5.41, 5.74) is 4.53. The lowest BCUT2D eigenvalue weighted by Crippen LogP contribution is -1.98. The molecule has 144 valence electrons. The van der Waals surface area contributed by atoms with Crippen molar-refractivity contribution in [1.82, 2.24) is 0 Å². The maximum Gasteiger partial charge on any atom is 0.213 e. The molecule has 0 bridgehead atoms. The topological polar surface area (TPSA) is 43.4 Å². The predicted octanol–water partition coefficient (Wildman–Crippen LogP) is 5.17. The van der Waals surface area contributed by atoms with Crippen LogP contribution in [-0.2, 0) is 34.0 Å². The fourth-order valence-corrected chi connectivity index (χ4v) is 3.60. The Hall–Kier alpha value is -1.32. The van der Waals surface area contributed by atoms with Gasteiger partial charge >= 0.3 is 0 Å². The van der Waals surface area contributed by atoms with Gasteiger partial charge in [-0.3, -0.25) is 0 Å². The van der Waals surface area contributed by atoms with E-state index >= 15 is 0 Å². The maximum atomic E-state index is 10.9. The minimum absolute atomic E-state index is 0.359. The summed E-state index contributed by atoms with van der Waals surface area (Å²) in [4.78, 5) is 0. The largest absolute Gasteiger partial charge is 0.376 e. The standard InChI is InChI=1S/C21H22BrClO3S/c1-3-16-6-8-17(9-7-16)12-18-13-20(22)19(14-21(18)23)15-26-10-4-5-11-27(2,24)25/h6-9,13-14H,3-4,10,12,15H2,1-2H3. The molecule has 2 aromatic rings. The molecule has 0 radical (unpaired) electrons. The van der Waals surface area contributed by atoms with E-state index in [1.165, 1.54) is 11.1 Å². The zero-order chi connectivity index (χ0) is 19.9. The molecule has 0 spiro atoms. The van der Waals surface area contributed by atoms with Crippen molar-refractivity contribution in [2.24, 2.45) is 0 Å². The van der Waals surface area contributed by atoms with Gasteiger partial charge in [0, 0.05) is 21.2 Å². The van der Waals surface area contributed by atoms with E-state index in [4.69, 9.17) is 16.3 Å². The van der Waals surface area contributed by atoms with Crippen molar-refractivity contribution in [3.63, 3.8) is 0 Å². The summed E-state index contributed by atoms with van der Waals surface area (Å²) >= 11 is 10.0. The van der Waals surface area contributed by atoms with Crippen LogP contribution in [0.4, 0.5) is 0 Å². The van der Waals surface area contributed by atoms with Gasteiger partial charge in [-0.1, -0.05) is 64.6 Å². The summed E-state index contributed by atoms with van der Waals surface area (Å²) in [6.07, 6.45) is 3.24. The lowest BCUT2D eigenvalue weighted by molar-refractivity contribution is 0.126. The second-order valence-electron chi connectivity index (χ2n) is 6.24. The first kappa shape index (κ1) is 22.0. The highest BCUT2D eigenvalue weighted by Gasteiger charge is 2.08. The van der Waals surface area contributed by atoms with Crippen LogP contribution in [0, 0.1) is 11.2 Å². The van der Waals surface area contributed by atoms with Crippen LogP contribution >= 0.6 is 27.5 Å². The van der Waals surface area contributed by atoms with E-state index < -0.39 is 9.84 Å². The Morgan fingerprint density at radius 2 is 1.78 bits per heavy atom. The molecule has 0 N–H and O–H groups in total. The van der Waals surface area contributed by atoms with Gasteiger partial charge in [0.1, 0.15) is 0 Å². The minimum Gasteiger partial charge on any atom is -0.376 e. The molecule has 2 aromatic carbocycles. The van der Waals surface area contributed by atoms with Gasteiger partial charge in [0.25, 0.3) is 0 Å². The van der Waals surface area contributed by atoms with Crippen molar-refractivity contribution in [2.75, 3.05) is 12.9 Å². The molecule has 0 saturated carbocycles. The van der Waals surface area contributed by atoms with Crippen LogP contribution in [0.25, 0.3) is 0 Å². The number of benzene rings is 2. The molecule has 0 heterocycles. The maximum absolute atomic E-state index is 10.9. The lowest BCUT2D eigenvalue weighted by Gasteiger charge is -2.11. The van der Waals surface area contributed by atoms with Crippen LogP contribution in [0.5, 0.6) is 0 Å². The first-order valence-electron chi connectivity index (χ1n) is 8.60. The Labute approximate surface area is 175 Å². The molecule has 0 aliphatic heterocycles. The summed E-state index contributed by atoms with van der Waals surface area (Å²) in [6, 6.07) is 12.5. The number of rotatable bonds is 7. The first-order valence-corrected chi connectivity index (χ1v) is 11.7. The molecule has 0 amide bonds. The molecule has 27 heavy (non-hydrogen) atoms. The Morgan fingerprint density at radius 1 is 1.11 bits per heavy atom. The first-order chi connectivity index (χ1) is 12.8. The zero-order valence-corrected chi connectivity index (χ0v) is 18.5. The molecule has 0 fully saturated rings. The number of halogens is 2. The molecule has 2 rings (SSSR count). The van der Waals surface area contributed by atoms with Crippen molar-refractivity contribution in [2.45, 2.75) is 32.8 Å². The molecule has 0 aliphatic carbocycles. The summed E-state index contributed by atoms with van der Waals surface area (Å²) in [7, 11) is -3.25. The average Bonchev–Trinajstić information content (AvgIpc) is 2.61. The molecule has 3 nitrogen and oxygen atoms in total. The summed E-state index contributed by atoms with van der Waals surface area (Å²) in [5.74, 6) is 2.58. The third kappa shape index (κ3) is 7.67. The Balaban J connectivity index is 1.95. The second-order valence-corrected chi connectivity index (χ2v) is 9.25. The molecule has 0 saturated heterocycles. The van der Waals surface area contributed by atoms with E-state index in [1.807, 2.05) is 12.1 Å². The predicted molar refractivity (Wildman–Crippen MR) is 115 cm³/mol. The van der Waals surface area contributed by atoms with Gasteiger partial charge in [-0.05, 0) is 47.2 Å². The fraction of sp³-hybridized carbons (Fsp3) is 0.333. The number of hydrogen-bond donors (Lipinski definition) is 0. The van der Waals surface area contributed by atoms with Crippen molar-refractivity contribution in [3.05, 3.63) is 68.1 Å². The van der Waals surface area contributed by atoms with Gasteiger partial charge in [0.15, 0.2) is 0 Å². The van der Waals surface area contributed by atoms with E-state index in [0.717, 1.165) is 34.7 Å². The van der Waals surface area contributed by atoms with Crippen LogP contribution in [0.1, 0.15) is 35.6 Å². The van der Waals surface area contributed by atoms with E-state index in [-0.39, 0.29) is 0 Å². The van der Waals surface area contributed by atoms with E-state index in [9.17, 15) is 8.42 Å². The second kappa shape index (κ2) is 10.3. The normalized spacial score (nSPS) is 11.1. The zero-order valence-electron chi connectivity index (χ0n) is 15.4. The van der Waals surface area contributed by atoms with Crippen molar-refractivity contribution in [1.29, 1.82) is 0 Å². The summed E-state index contributed by atoms with van der Waals surface area (Å²) < 4.78 is 28.4. The van der Waals surface area contributed by atoms with Crippen LogP contribution in [0.3, 0.4) is 0 Å². The number of sulfone groups is 1. The quantitative estimate of drug-likeness (QED) is 0.319. The van der Waals surface area contributed by atoms with Gasteiger partial charge < -0.3 is 4.74 Å². The number of aryl methyl sites for hydroxylation is 1. The third-order valence-electron chi connectivity index (χ3n) is 3.93. The van der Waals surface area contributed by atoms with E-state index in [1.54, 1.807) is 0 Å². The Morgan fingerprint density at radius 3 is 2.41 bits per heavy atom. The van der Waals surface area contributed by atoms with Crippen molar-refractivity contribution >= 4 is 37.4 Å². The van der Waals surface area contributed by atoms with Crippen LogP contribution < -0.4 is 0 Å². The Bertz CT molecular complexity index is 942. The van der Waals surface area contributed by atoms with Gasteiger partial charge in [0.2, 0.25) is 9.84 Å². The highest BCUT2D eigenvalue weighted by Crippen LogP contribution is 2.28. The highest BCUT2D eigenvalue weighted by molar-refractivity contribution is 9.10. The average molecular weight is 470 g/mol. The number of hydrogen-bond acceptors (Lipinski definition) is 3. The SMILES string of the molecule is CCc1ccc(Cc2cc(Br)c(COCCC#CS(C)(=O)=O)cc2Cl)cc1. The molecule has 0 aliphatic rings. The van der Waals surface area contributed by atoms with Crippen LogP contribution in [-0.4, -0.2) is 21.3 Å². The van der Waals surface area contributed by atoms with Gasteiger partial charge in [-0.2, -0.15) is 0 Å². The molecular formula is C21H22BrClO3S.